The van der Waals surface area contributed by atoms with Crippen LogP contribution >= 0.6 is 0 Å². The highest BCUT2D eigenvalue weighted by Crippen LogP contribution is 2.06. The van der Waals surface area contributed by atoms with E-state index in [-0.39, 0.29) is 6.61 Å². The molecule has 0 spiro atoms. The first-order chi connectivity index (χ1) is 7.53. The van der Waals surface area contributed by atoms with Crippen molar-refractivity contribution in [3.8, 4) is 0 Å². The Morgan fingerprint density at radius 1 is 1.31 bits per heavy atom. The monoisotopic (exact) mass is 244 g/mol. The Morgan fingerprint density at radius 2 is 1.94 bits per heavy atom. The predicted octanol–water partition coefficient (Wildman–Crippen LogP) is 1.09. The number of hydrogen-bond acceptors (Lipinski definition) is 4. The predicted molar refractivity (Wildman–Crippen MR) is 59.1 cm³/mol. The average molecular weight is 244 g/mol. The summed E-state index contributed by atoms with van der Waals surface area (Å²) >= 11 is 0. The quantitative estimate of drug-likeness (QED) is 0.830. The molecule has 1 rings (SSSR count). The number of ether oxygens (including phenoxy) is 1. The molecular formula is C9H12N2O4S. The molecule has 2 N–H and O–H groups in total. The summed E-state index contributed by atoms with van der Waals surface area (Å²) in [4.78, 5) is 10.9. The normalized spacial score (nSPS) is 10.6. The fourth-order valence-electron chi connectivity index (χ4n) is 0.957. The lowest BCUT2D eigenvalue weighted by Crippen LogP contribution is -2.35. The van der Waals surface area contributed by atoms with Crippen LogP contribution in [0.5, 0.6) is 0 Å². The SMILES string of the molecule is CCOC(=O)NS(=O)(=O)Nc1ccccc1. The maximum Gasteiger partial charge on any atom is 0.422 e. The highest BCUT2D eigenvalue weighted by atomic mass is 32.2. The molecule has 1 amide bonds. The van der Waals surface area contributed by atoms with Gasteiger partial charge in [-0.25, -0.2) is 9.52 Å². The summed E-state index contributed by atoms with van der Waals surface area (Å²) in [6.07, 6.45) is -1.01. The smallest absolute Gasteiger partial charge is 0.422 e. The molecule has 0 saturated carbocycles. The first-order valence-electron chi connectivity index (χ1n) is 4.56. The molecule has 0 fully saturated rings. The summed E-state index contributed by atoms with van der Waals surface area (Å²) in [5.74, 6) is 0. The van der Waals surface area contributed by atoms with E-state index in [4.69, 9.17) is 0 Å². The molecule has 0 bridgehead atoms. The van der Waals surface area contributed by atoms with Gasteiger partial charge >= 0.3 is 16.3 Å². The Hall–Kier alpha value is -1.76. The van der Waals surface area contributed by atoms with Gasteiger partial charge in [-0.2, -0.15) is 8.42 Å². The van der Waals surface area contributed by atoms with Gasteiger partial charge in [0.2, 0.25) is 0 Å². The van der Waals surface area contributed by atoms with Crippen LogP contribution in [0.2, 0.25) is 0 Å². The maximum absolute atomic E-state index is 11.4. The third kappa shape index (κ3) is 4.18. The molecule has 6 nitrogen and oxygen atoms in total. The van der Waals surface area contributed by atoms with Crippen molar-refractivity contribution in [3.05, 3.63) is 30.3 Å². The van der Waals surface area contributed by atoms with Crippen LogP contribution < -0.4 is 9.44 Å². The minimum Gasteiger partial charge on any atom is -0.449 e. The van der Waals surface area contributed by atoms with Crippen molar-refractivity contribution in [1.29, 1.82) is 0 Å². The number of hydrogen-bond donors (Lipinski definition) is 2. The first-order valence-corrected chi connectivity index (χ1v) is 6.04. The van der Waals surface area contributed by atoms with Crippen molar-refractivity contribution in [2.75, 3.05) is 11.3 Å². The summed E-state index contributed by atoms with van der Waals surface area (Å²) < 4.78 is 31.0. The van der Waals surface area contributed by atoms with Gasteiger partial charge in [0.25, 0.3) is 0 Å². The molecule has 0 aliphatic carbocycles. The Bertz CT molecular complexity index is 444. The van der Waals surface area contributed by atoms with E-state index >= 15 is 0 Å². The third-order valence-corrected chi connectivity index (χ3v) is 2.46. The molecule has 88 valence electrons. The highest BCUT2D eigenvalue weighted by Gasteiger charge is 2.14. The van der Waals surface area contributed by atoms with Crippen LogP contribution in [0.1, 0.15) is 6.92 Å². The number of benzene rings is 1. The van der Waals surface area contributed by atoms with E-state index in [0.717, 1.165) is 0 Å². The van der Waals surface area contributed by atoms with Crippen LogP contribution in [0.25, 0.3) is 0 Å². The Balaban J connectivity index is 2.63. The lowest BCUT2D eigenvalue weighted by atomic mass is 10.3. The van der Waals surface area contributed by atoms with Crippen LogP contribution in [0.4, 0.5) is 10.5 Å². The molecule has 7 heteroatoms. The number of carbonyl (C=O) groups is 1. The molecule has 0 atom stereocenters. The minimum atomic E-state index is -3.93. The molecule has 1 aromatic rings. The van der Waals surface area contributed by atoms with Crippen LogP contribution in [-0.4, -0.2) is 21.1 Å². The summed E-state index contributed by atoms with van der Waals surface area (Å²) in [6.45, 7) is 1.68. The zero-order valence-corrected chi connectivity index (χ0v) is 9.45. The van der Waals surface area contributed by atoms with E-state index in [1.54, 1.807) is 42.0 Å². The van der Waals surface area contributed by atoms with Crippen molar-refractivity contribution in [1.82, 2.24) is 4.72 Å². The Morgan fingerprint density at radius 3 is 2.50 bits per heavy atom. The van der Waals surface area contributed by atoms with Crippen molar-refractivity contribution < 1.29 is 17.9 Å². The maximum atomic E-state index is 11.4. The van der Waals surface area contributed by atoms with E-state index in [1.165, 1.54) is 0 Å². The van der Waals surface area contributed by atoms with Crippen molar-refractivity contribution in [2.45, 2.75) is 6.92 Å². The van der Waals surface area contributed by atoms with Gasteiger partial charge in [-0.3, -0.25) is 4.72 Å². The number of anilines is 1. The highest BCUT2D eigenvalue weighted by molar-refractivity contribution is 7.91. The van der Waals surface area contributed by atoms with Gasteiger partial charge < -0.3 is 4.74 Å². The molecule has 0 radical (unpaired) electrons. The zero-order chi connectivity index (χ0) is 12.0. The molecule has 16 heavy (non-hydrogen) atoms. The van der Waals surface area contributed by atoms with Crippen molar-refractivity contribution in [2.24, 2.45) is 0 Å². The van der Waals surface area contributed by atoms with E-state index < -0.39 is 16.3 Å². The standard InChI is InChI=1S/C9H12N2O4S/c1-2-15-9(12)11-16(13,14)10-8-6-4-3-5-7-8/h3-7,10H,2H2,1H3,(H,11,12). The van der Waals surface area contributed by atoms with E-state index in [0.29, 0.717) is 5.69 Å². The van der Waals surface area contributed by atoms with Crippen LogP contribution in [0, 0.1) is 0 Å². The summed E-state index contributed by atoms with van der Waals surface area (Å²) in [7, 11) is -3.93. The van der Waals surface area contributed by atoms with Gasteiger partial charge in [-0.15, -0.1) is 0 Å². The number of para-hydroxylation sites is 1. The van der Waals surface area contributed by atoms with E-state index in [2.05, 4.69) is 9.46 Å². The molecule has 0 aliphatic heterocycles. The van der Waals surface area contributed by atoms with Crippen LogP contribution in [0.15, 0.2) is 30.3 Å². The second-order valence-electron chi connectivity index (χ2n) is 2.79. The van der Waals surface area contributed by atoms with Gasteiger partial charge in [-0.1, -0.05) is 18.2 Å². The molecule has 0 aliphatic rings. The fraction of sp³-hybridized carbons (Fsp3) is 0.222. The zero-order valence-electron chi connectivity index (χ0n) is 8.64. The topological polar surface area (TPSA) is 84.5 Å². The van der Waals surface area contributed by atoms with Gasteiger partial charge in [0.15, 0.2) is 0 Å². The summed E-state index contributed by atoms with van der Waals surface area (Å²) in [5, 5.41) is 0. The number of rotatable bonds is 4. The Kier molecular flexibility index (Phi) is 4.12. The van der Waals surface area contributed by atoms with E-state index in [9.17, 15) is 13.2 Å². The van der Waals surface area contributed by atoms with Gasteiger partial charge in [0.1, 0.15) is 0 Å². The lowest BCUT2D eigenvalue weighted by molar-refractivity contribution is 0.159. The minimum absolute atomic E-state index is 0.104. The second kappa shape index (κ2) is 5.36. The first kappa shape index (κ1) is 12.3. The van der Waals surface area contributed by atoms with E-state index in [1.807, 2.05) is 0 Å². The summed E-state index contributed by atoms with van der Waals surface area (Å²) in [6, 6.07) is 8.20. The molecule has 0 unspecified atom stereocenters. The molecule has 0 aromatic heterocycles. The second-order valence-corrected chi connectivity index (χ2v) is 4.21. The number of nitrogens with one attached hydrogen (secondary N) is 2. The molecule has 1 aromatic carbocycles. The largest absolute Gasteiger partial charge is 0.449 e. The van der Waals surface area contributed by atoms with Crippen LogP contribution in [-0.2, 0) is 14.9 Å². The fourth-order valence-corrected chi connectivity index (χ4v) is 1.73. The average Bonchev–Trinajstić information content (AvgIpc) is 2.17. The third-order valence-electron chi connectivity index (χ3n) is 1.52. The van der Waals surface area contributed by atoms with Crippen molar-refractivity contribution in [3.63, 3.8) is 0 Å². The van der Waals surface area contributed by atoms with Gasteiger partial charge in [-0.05, 0) is 19.1 Å². The van der Waals surface area contributed by atoms with Crippen LogP contribution in [0.3, 0.4) is 0 Å². The van der Waals surface area contributed by atoms with Gasteiger partial charge in [0.05, 0.1) is 12.3 Å². The van der Waals surface area contributed by atoms with Gasteiger partial charge in [0, 0.05) is 0 Å². The molecular weight excluding hydrogens is 232 g/mol. The summed E-state index contributed by atoms with van der Waals surface area (Å²) in [5.41, 5.74) is 0.360. The van der Waals surface area contributed by atoms with Crippen molar-refractivity contribution >= 4 is 22.0 Å². The molecule has 0 heterocycles. The number of carbonyl (C=O) groups excluding carboxylic acids is 1. The number of amides is 1. The lowest BCUT2D eigenvalue weighted by Gasteiger charge is -2.08. The Labute approximate surface area is 93.8 Å². The molecule has 0 saturated heterocycles.